The highest BCUT2D eigenvalue weighted by atomic mass is 35.5. The molecule has 0 bridgehead atoms. The first-order chi connectivity index (χ1) is 13.2. The molecular weight excluding hydrogens is 379 g/mol. The standard InChI is InChI=1S/C22H17ClO3P/c23-19-20(22(25)26-21(19)24)27(16-10-4-1-5-11-16,17-12-6-2-7-13-17)18-14-8-3-9-15-18/h1-15,22,25H/q+1. The van der Waals surface area contributed by atoms with Crippen molar-refractivity contribution in [3.8, 4) is 0 Å². The van der Waals surface area contributed by atoms with Crippen molar-refractivity contribution in [1.29, 1.82) is 0 Å². The third-order valence-electron chi connectivity index (χ3n) is 4.65. The van der Waals surface area contributed by atoms with E-state index in [0.29, 0.717) is 5.31 Å². The lowest BCUT2D eigenvalue weighted by Crippen LogP contribution is -2.35. The summed E-state index contributed by atoms with van der Waals surface area (Å²) in [4.78, 5) is 12.2. The molecule has 27 heavy (non-hydrogen) atoms. The van der Waals surface area contributed by atoms with Crippen molar-refractivity contribution >= 4 is 40.7 Å². The van der Waals surface area contributed by atoms with Crippen LogP contribution in [0.3, 0.4) is 0 Å². The molecule has 1 aliphatic heterocycles. The molecule has 0 saturated carbocycles. The summed E-state index contributed by atoms with van der Waals surface area (Å²) < 4.78 is 5.09. The first-order valence-electron chi connectivity index (χ1n) is 8.51. The van der Waals surface area contributed by atoms with E-state index in [1.807, 2.05) is 91.0 Å². The average molecular weight is 396 g/mol. The number of halogens is 1. The Kier molecular flexibility index (Phi) is 4.84. The van der Waals surface area contributed by atoms with Crippen LogP contribution in [0.15, 0.2) is 101 Å². The average Bonchev–Trinajstić information content (AvgIpc) is 2.98. The van der Waals surface area contributed by atoms with E-state index in [4.69, 9.17) is 16.3 Å². The lowest BCUT2D eigenvalue weighted by Gasteiger charge is -2.28. The summed E-state index contributed by atoms with van der Waals surface area (Å²) in [6.45, 7) is 0. The third kappa shape index (κ3) is 2.89. The molecule has 3 nitrogen and oxygen atoms in total. The zero-order chi connectivity index (χ0) is 18.9. The molecule has 0 radical (unpaired) electrons. The fourth-order valence-corrected chi connectivity index (χ4v) is 8.43. The Hall–Kier alpha value is -2.45. The summed E-state index contributed by atoms with van der Waals surface area (Å²) in [5, 5.41) is 14.1. The Morgan fingerprint density at radius 3 is 1.41 bits per heavy atom. The van der Waals surface area contributed by atoms with E-state index in [-0.39, 0.29) is 5.03 Å². The van der Waals surface area contributed by atoms with Gasteiger partial charge in [-0.15, -0.1) is 0 Å². The Labute approximate surface area is 163 Å². The molecule has 1 N–H and O–H groups in total. The minimum Gasteiger partial charge on any atom is -0.423 e. The molecule has 1 atom stereocenters. The van der Waals surface area contributed by atoms with Gasteiger partial charge in [0.1, 0.15) is 23.2 Å². The van der Waals surface area contributed by atoms with Gasteiger partial charge >= 0.3 is 5.97 Å². The number of aliphatic hydroxyl groups excluding tert-OH is 1. The normalized spacial score (nSPS) is 17.1. The number of ether oxygens (including phenoxy) is 1. The Bertz CT molecular complexity index is 891. The fraction of sp³-hybridized carbons (Fsp3) is 0.0455. The highest BCUT2D eigenvalue weighted by molar-refractivity contribution is 7.99. The van der Waals surface area contributed by atoms with Gasteiger partial charge in [0.2, 0.25) is 0 Å². The third-order valence-corrected chi connectivity index (χ3v) is 9.52. The van der Waals surface area contributed by atoms with Crippen LogP contribution in [0.5, 0.6) is 0 Å². The largest absolute Gasteiger partial charge is 0.423 e. The number of benzene rings is 3. The monoisotopic (exact) mass is 395 g/mol. The van der Waals surface area contributed by atoms with E-state index in [1.165, 1.54) is 0 Å². The fourth-order valence-electron chi connectivity index (χ4n) is 3.55. The first kappa shape index (κ1) is 17.9. The molecule has 0 amide bonds. The summed E-state index contributed by atoms with van der Waals surface area (Å²) in [6.07, 6.45) is -1.38. The second kappa shape index (κ2) is 7.28. The van der Waals surface area contributed by atoms with E-state index in [1.54, 1.807) is 0 Å². The van der Waals surface area contributed by atoms with Crippen molar-refractivity contribution < 1.29 is 14.6 Å². The van der Waals surface area contributed by atoms with Crippen LogP contribution in [0.4, 0.5) is 0 Å². The number of cyclic esters (lactones) is 1. The molecule has 0 aliphatic carbocycles. The van der Waals surface area contributed by atoms with E-state index < -0.39 is 19.5 Å². The molecule has 0 aromatic heterocycles. The van der Waals surface area contributed by atoms with Gasteiger partial charge in [-0.05, 0) is 36.4 Å². The highest BCUT2D eigenvalue weighted by Crippen LogP contribution is 2.66. The Morgan fingerprint density at radius 1 is 0.741 bits per heavy atom. The first-order valence-corrected chi connectivity index (χ1v) is 10.7. The Balaban J connectivity index is 2.16. The van der Waals surface area contributed by atoms with Crippen LogP contribution in [-0.4, -0.2) is 17.4 Å². The molecule has 1 aliphatic rings. The summed E-state index contributed by atoms with van der Waals surface area (Å²) in [5.74, 6) is -0.689. The van der Waals surface area contributed by atoms with Crippen LogP contribution in [0.2, 0.25) is 0 Å². The number of carbonyl (C=O) groups excluding carboxylic acids is 1. The topological polar surface area (TPSA) is 46.5 Å². The van der Waals surface area contributed by atoms with Crippen molar-refractivity contribution in [3.05, 3.63) is 101 Å². The maximum absolute atomic E-state index is 12.2. The van der Waals surface area contributed by atoms with Crippen LogP contribution in [0, 0.1) is 0 Å². The number of rotatable bonds is 4. The van der Waals surface area contributed by atoms with Gasteiger partial charge in [0.05, 0.1) is 0 Å². The van der Waals surface area contributed by atoms with E-state index in [2.05, 4.69) is 0 Å². The van der Waals surface area contributed by atoms with Gasteiger partial charge in [-0.3, -0.25) is 0 Å². The number of esters is 1. The molecule has 0 fully saturated rings. The summed E-state index contributed by atoms with van der Waals surface area (Å²) >= 11 is 6.43. The van der Waals surface area contributed by atoms with E-state index >= 15 is 0 Å². The lowest BCUT2D eigenvalue weighted by atomic mass is 10.3. The number of hydrogen-bond donors (Lipinski definition) is 1. The summed E-state index contributed by atoms with van der Waals surface area (Å²) in [6, 6.07) is 29.6. The van der Waals surface area contributed by atoms with Crippen molar-refractivity contribution in [1.82, 2.24) is 0 Å². The minimum absolute atomic E-state index is 0.0348. The smallest absolute Gasteiger partial charge is 0.356 e. The van der Waals surface area contributed by atoms with E-state index in [0.717, 1.165) is 15.9 Å². The van der Waals surface area contributed by atoms with Crippen LogP contribution < -0.4 is 15.9 Å². The highest BCUT2D eigenvalue weighted by Gasteiger charge is 2.57. The van der Waals surface area contributed by atoms with Crippen molar-refractivity contribution in [3.63, 3.8) is 0 Å². The molecule has 3 aromatic rings. The van der Waals surface area contributed by atoms with Gasteiger partial charge < -0.3 is 9.84 Å². The van der Waals surface area contributed by atoms with Gasteiger partial charge in [0.25, 0.3) is 6.29 Å². The second-order valence-electron chi connectivity index (χ2n) is 6.13. The van der Waals surface area contributed by atoms with Gasteiger partial charge in [-0.1, -0.05) is 66.2 Å². The van der Waals surface area contributed by atoms with Crippen molar-refractivity contribution in [2.45, 2.75) is 6.29 Å². The van der Waals surface area contributed by atoms with Gasteiger partial charge in [0.15, 0.2) is 10.3 Å². The van der Waals surface area contributed by atoms with Crippen molar-refractivity contribution in [2.24, 2.45) is 0 Å². The number of carbonyl (C=O) groups is 1. The molecule has 4 rings (SSSR count). The minimum atomic E-state index is -2.60. The molecule has 5 heteroatoms. The van der Waals surface area contributed by atoms with Crippen LogP contribution in [0.25, 0.3) is 0 Å². The lowest BCUT2D eigenvalue weighted by molar-refractivity contribution is -0.150. The molecule has 1 heterocycles. The SMILES string of the molecule is O=C1OC(O)C([P+](c2ccccc2)(c2ccccc2)c2ccccc2)=C1Cl. The molecule has 1 unspecified atom stereocenters. The summed E-state index contributed by atoms with van der Waals surface area (Å²) in [5.41, 5.74) is 0. The van der Waals surface area contributed by atoms with Crippen molar-refractivity contribution in [2.75, 3.05) is 0 Å². The Morgan fingerprint density at radius 2 is 1.11 bits per heavy atom. The number of aliphatic hydroxyl groups is 1. The predicted molar refractivity (Wildman–Crippen MR) is 110 cm³/mol. The number of hydrogen-bond acceptors (Lipinski definition) is 3. The van der Waals surface area contributed by atoms with Crippen LogP contribution in [-0.2, 0) is 9.53 Å². The summed E-state index contributed by atoms with van der Waals surface area (Å²) in [7, 11) is -2.60. The van der Waals surface area contributed by atoms with Crippen LogP contribution in [0.1, 0.15) is 0 Å². The van der Waals surface area contributed by atoms with Gasteiger partial charge in [-0.25, -0.2) is 4.79 Å². The maximum atomic E-state index is 12.2. The molecule has 3 aromatic carbocycles. The van der Waals surface area contributed by atoms with E-state index in [9.17, 15) is 9.90 Å². The van der Waals surface area contributed by atoms with Gasteiger partial charge in [-0.2, -0.15) is 0 Å². The maximum Gasteiger partial charge on any atom is 0.356 e. The zero-order valence-corrected chi connectivity index (χ0v) is 16.0. The van der Waals surface area contributed by atoms with Gasteiger partial charge in [0, 0.05) is 0 Å². The van der Waals surface area contributed by atoms with Crippen LogP contribution >= 0.6 is 18.9 Å². The molecule has 134 valence electrons. The molecule has 0 saturated heterocycles. The quantitative estimate of drug-likeness (QED) is 0.544. The predicted octanol–water partition coefficient (Wildman–Crippen LogP) is 3.31. The second-order valence-corrected chi connectivity index (χ2v) is 9.88. The molecular formula is C22H17ClO3P+. The molecule has 0 spiro atoms. The zero-order valence-electron chi connectivity index (χ0n) is 14.3.